The molecule has 1 N–H and O–H groups in total. The third-order valence-electron chi connectivity index (χ3n) is 2.96. The summed E-state index contributed by atoms with van der Waals surface area (Å²) in [7, 11) is 0. The van der Waals surface area contributed by atoms with Crippen molar-refractivity contribution in [1.29, 1.82) is 0 Å². The molecule has 1 aliphatic rings. The highest BCUT2D eigenvalue weighted by atomic mass is 32.2. The van der Waals surface area contributed by atoms with E-state index in [1.807, 2.05) is 0 Å². The molecule has 2 heterocycles. The van der Waals surface area contributed by atoms with Crippen LogP contribution in [0.25, 0.3) is 0 Å². The van der Waals surface area contributed by atoms with E-state index in [4.69, 9.17) is 0 Å². The molecule has 1 atom stereocenters. The van der Waals surface area contributed by atoms with Crippen LogP contribution in [0.4, 0.5) is 0 Å². The molecule has 0 radical (unpaired) electrons. The first-order valence-electron chi connectivity index (χ1n) is 5.81. The molecule has 1 aromatic rings. The molecule has 1 aliphatic heterocycles. The number of hydrogen-bond donors (Lipinski definition) is 1. The molecule has 1 fully saturated rings. The molecule has 0 amide bonds. The van der Waals surface area contributed by atoms with E-state index < -0.39 is 0 Å². The number of aromatic nitrogens is 1. The maximum Gasteiger partial charge on any atom is 0.0220 e. The van der Waals surface area contributed by atoms with Gasteiger partial charge in [0.2, 0.25) is 0 Å². The van der Waals surface area contributed by atoms with Crippen molar-refractivity contribution in [1.82, 2.24) is 9.88 Å². The van der Waals surface area contributed by atoms with Gasteiger partial charge in [-0.3, -0.25) is 0 Å². The van der Waals surface area contributed by atoms with Crippen LogP contribution in [0.2, 0.25) is 0 Å². The molecule has 15 heavy (non-hydrogen) atoms. The Bertz CT molecular complexity index is 290. The van der Waals surface area contributed by atoms with Crippen LogP contribution in [0, 0.1) is 5.92 Å². The van der Waals surface area contributed by atoms with Gasteiger partial charge in [-0.25, -0.2) is 0 Å². The molecule has 1 aromatic heterocycles. The molecular formula is C12H20N2S. The summed E-state index contributed by atoms with van der Waals surface area (Å²) in [6, 6.07) is 2.21. The largest absolute Gasteiger partial charge is 0.354 e. The highest BCUT2D eigenvalue weighted by Gasteiger charge is 2.14. The van der Waals surface area contributed by atoms with Crippen molar-refractivity contribution in [3.63, 3.8) is 0 Å². The molecule has 1 unspecified atom stereocenters. The van der Waals surface area contributed by atoms with Crippen LogP contribution in [-0.2, 0) is 13.1 Å². The zero-order valence-corrected chi connectivity index (χ0v) is 10.2. The number of nitrogens with one attached hydrogen (secondary N) is 1. The van der Waals surface area contributed by atoms with Crippen molar-refractivity contribution < 1.29 is 0 Å². The average molecular weight is 224 g/mol. The summed E-state index contributed by atoms with van der Waals surface area (Å²) in [5.41, 5.74) is 1.41. The van der Waals surface area contributed by atoms with Gasteiger partial charge in [-0.2, -0.15) is 11.8 Å². The lowest BCUT2D eigenvalue weighted by Gasteiger charge is -2.08. The second-order valence-corrected chi connectivity index (χ2v) is 5.36. The maximum atomic E-state index is 3.55. The van der Waals surface area contributed by atoms with E-state index in [9.17, 15) is 0 Å². The van der Waals surface area contributed by atoms with Gasteiger partial charge in [-0.05, 0) is 48.9 Å². The van der Waals surface area contributed by atoms with E-state index in [1.165, 1.54) is 30.0 Å². The van der Waals surface area contributed by atoms with Crippen molar-refractivity contribution in [3.05, 3.63) is 24.0 Å². The van der Waals surface area contributed by atoms with Crippen molar-refractivity contribution in [3.8, 4) is 0 Å². The van der Waals surface area contributed by atoms with Crippen LogP contribution in [0.1, 0.15) is 18.9 Å². The second kappa shape index (κ2) is 5.61. The zero-order valence-electron chi connectivity index (χ0n) is 9.41. The Morgan fingerprint density at radius 3 is 3.20 bits per heavy atom. The normalized spacial score (nSPS) is 21.0. The van der Waals surface area contributed by atoms with Crippen LogP contribution >= 0.6 is 11.8 Å². The fourth-order valence-electron chi connectivity index (χ4n) is 1.96. The molecule has 0 spiro atoms. The monoisotopic (exact) mass is 224 g/mol. The lowest BCUT2D eigenvalue weighted by atomic mass is 10.1. The molecule has 0 bridgehead atoms. The van der Waals surface area contributed by atoms with Gasteiger partial charge in [0.15, 0.2) is 0 Å². The van der Waals surface area contributed by atoms with Gasteiger partial charge in [0.05, 0.1) is 0 Å². The van der Waals surface area contributed by atoms with Gasteiger partial charge in [-0.1, -0.05) is 0 Å². The lowest BCUT2D eigenvalue weighted by Crippen LogP contribution is -2.22. The van der Waals surface area contributed by atoms with E-state index in [-0.39, 0.29) is 0 Å². The summed E-state index contributed by atoms with van der Waals surface area (Å²) < 4.78 is 2.22. The molecule has 84 valence electrons. The first-order valence-corrected chi connectivity index (χ1v) is 6.97. The smallest absolute Gasteiger partial charge is 0.0220 e. The quantitative estimate of drug-likeness (QED) is 0.827. The first-order chi connectivity index (χ1) is 7.38. The number of thioether (sulfide) groups is 1. The van der Waals surface area contributed by atoms with Crippen molar-refractivity contribution >= 4 is 11.8 Å². The van der Waals surface area contributed by atoms with E-state index in [0.29, 0.717) is 0 Å². The highest BCUT2D eigenvalue weighted by Crippen LogP contribution is 2.22. The molecule has 0 aromatic carbocycles. The molecule has 2 rings (SSSR count). The number of hydrogen-bond acceptors (Lipinski definition) is 2. The van der Waals surface area contributed by atoms with Crippen LogP contribution in [0.3, 0.4) is 0 Å². The Morgan fingerprint density at radius 2 is 2.53 bits per heavy atom. The van der Waals surface area contributed by atoms with Crippen LogP contribution in [-0.4, -0.2) is 22.6 Å². The Labute approximate surface area is 96.4 Å². The third kappa shape index (κ3) is 3.28. The van der Waals surface area contributed by atoms with Gasteiger partial charge < -0.3 is 9.88 Å². The molecule has 2 nitrogen and oxygen atoms in total. The molecule has 1 saturated heterocycles. The van der Waals surface area contributed by atoms with Crippen molar-refractivity contribution in [2.75, 3.05) is 18.1 Å². The Balaban J connectivity index is 1.68. The van der Waals surface area contributed by atoms with Gasteiger partial charge in [0.25, 0.3) is 0 Å². The maximum absolute atomic E-state index is 3.55. The van der Waals surface area contributed by atoms with Gasteiger partial charge in [-0.15, -0.1) is 0 Å². The van der Waals surface area contributed by atoms with Crippen LogP contribution in [0.5, 0.6) is 0 Å². The van der Waals surface area contributed by atoms with Crippen molar-refractivity contribution in [2.24, 2.45) is 5.92 Å². The second-order valence-electron chi connectivity index (χ2n) is 4.21. The summed E-state index contributed by atoms with van der Waals surface area (Å²) in [6.07, 6.45) is 5.78. The van der Waals surface area contributed by atoms with Crippen LogP contribution in [0.15, 0.2) is 18.5 Å². The molecule has 0 aliphatic carbocycles. The topological polar surface area (TPSA) is 17.0 Å². The zero-order chi connectivity index (χ0) is 10.5. The SMILES string of the molecule is CCn1ccc(CNCC2CCSC2)c1. The first kappa shape index (κ1) is 11.1. The standard InChI is InChI=1S/C12H20N2S/c1-2-14-5-3-11(9-14)7-13-8-12-4-6-15-10-12/h3,5,9,12-13H,2,4,6-8,10H2,1H3. The summed E-state index contributed by atoms with van der Waals surface area (Å²) in [5, 5.41) is 3.55. The van der Waals surface area contributed by atoms with E-state index >= 15 is 0 Å². The van der Waals surface area contributed by atoms with Crippen LogP contribution < -0.4 is 5.32 Å². The lowest BCUT2D eigenvalue weighted by molar-refractivity contribution is 0.523. The minimum Gasteiger partial charge on any atom is -0.354 e. The van der Waals surface area contributed by atoms with Gasteiger partial charge in [0, 0.05) is 25.5 Å². The Hall–Kier alpha value is -0.410. The summed E-state index contributed by atoms with van der Waals surface area (Å²) >= 11 is 2.09. The van der Waals surface area contributed by atoms with E-state index in [1.54, 1.807) is 0 Å². The van der Waals surface area contributed by atoms with Gasteiger partial charge >= 0.3 is 0 Å². The minimum absolute atomic E-state index is 0.906. The molecule has 0 saturated carbocycles. The fourth-order valence-corrected chi connectivity index (χ4v) is 3.24. The third-order valence-corrected chi connectivity index (χ3v) is 4.19. The summed E-state index contributed by atoms with van der Waals surface area (Å²) in [4.78, 5) is 0. The predicted octanol–water partition coefficient (Wildman–Crippen LogP) is 2.35. The van der Waals surface area contributed by atoms with Gasteiger partial charge in [0.1, 0.15) is 0 Å². The van der Waals surface area contributed by atoms with E-state index in [2.05, 4.69) is 47.0 Å². The fraction of sp³-hybridized carbons (Fsp3) is 0.667. The highest BCUT2D eigenvalue weighted by molar-refractivity contribution is 7.99. The number of nitrogens with zero attached hydrogens (tertiary/aromatic N) is 1. The minimum atomic E-state index is 0.906. The summed E-state index contributed by atoms with van der Waals surface area (Å²) in [5.74, 6) is 3.62. The Morgan fingerprint density at radius 1 is 1.60 bits per heavy atom. The molecule has 3 heteroatoms. The number of rotatable bonds is 5. The molecular weight excluding hydrogens is 204 g/mol. The number of aryl methyl sites for hydroxylation is 1. The predicted molar refractivity (Wildman–Crippen MR) is 67.2 cm³/mol. The Kier molecular flexibility index (Phi) is 4.15. The average Bonchev–Trinajstić information content (AvgIpc) is 2.88. The van der Waals surface area contributed by atoms with Crippen molar-refractivity contribution in [2.45, 2.75) is 26.4 Å². The van der Waals surface area contributed by atoms with E-state index in [0.717, 1.165) is 19.0 Å². The summed E-state index contributed by atoms with van der Waals surface area (Å²) in [6.45, 7) is 5.45.